The van der Waals surface area contributed by atoms with Crippen LogP contribution in [0.5, 0.6) is 5.75 Å². The Balaban J connectivity index is 1.93. The normalized spacial score (nSPS) is 15.5. The van der Waals surface area contributed by atoms with Gasteiger partial charge >= 0.3 is 6.03 Å². The number of hydrogen-bond donors (Lipinski definition) is 1. The van der Waals surface area contributed by atoms with E-state index in [1.807, 2.05) is 24.3 Å². The summed E-state index contributed by atoms with van der Waals surface area (Å²) in [6.45, 7) is 0.855. The van der Waals surface area contributed by atoms with E-state index in [1.165, 1.54) is 4.90 Å². The molecule has 0 spiro atoms. The third-order valence-corrected chi connectivity index (χ3v) is 2.94. The summed E-state index contributed by atoms with van der Waals surface area (Å²) in [6, 6.07) is 7.32. The third kappa shape index (κ3) is 2.80. The molecule has 0 aliphatic carbocycles. The van der Waals surface area contributed by atoms with E-state index in [9.17, 15) is 9.59 Å². The Bertz CT molecular complexity index is 426. The number of ether oxygens (including phenoxy) is 1. The minimum Gasteiger partial charge on any atom is -0.497 e. The van der Waals surface area contributed by atoms with Gasteiger partial charge in [-0.2, -0.15) is 0 Å². The van der Waals surface area contributed by atoms with E-state index in [0.717, 1.165) is 11.3 Å². The first-order valence-corrected chi connectivity index (χ1v) is 5.92. The van der Waals surface area contributed by atoms with E-state index in [0.29, 0.717) is 25.9 Å². The molecule has 1 heterocycles. The van der Waals surface area contributed by atoms with Crippen molar-refractivity contribution in [2.75, 3.05) is 20.2 Å². The third-order valence-electron chi connectivity index (χ3n) is 2.94. The second-order valence-corrected chi connectivity index (χ2v) is 4.13. The molecular weight excluding hydrogens is 232 g/mol. The van der Waals surface area contributed by atoms with Crippen LogP contribution in [-0.4, -0.2) is 37.0 Å². The highest BCUT2D eigenvalue weighted by molar-refractivity contribution is 5.96. The summed E-state index contributed by atoms with van der Waals surface area (Å²) in [5.74, 6) is 0.692. The number of methoxy groups -OCH3 is 1. The van der Waals surface area contributed by atoms with E-state index in [4.69, 9.17) is 4.74 Å². The molecule has 1 aliphatic heterocycles. The summed E-state index contributed by atoms with van der Waals surface area (Å²) in [4.78, 5) is 24.3. The van der Waals surface area contributed by atoms with Gasteiger partial charge in [-0.15, -0.1) is 0 Å². The van der Waals surface area contributed by atoms with E-state index in [1.54, 1.807) is 7.11 Å². The Morgan fingerprint density at radius 3 is 2.61 bits per heavy atom. The smallest absolute Gasteiger partial charge is 0.324 e. The summed E-state index contributed by atoms with van der Waals surface area (Å²) in [5.41, 5.74) is 1.07. The summed E-state index contributed by atoms with van der Waals surface area (Å²) in [5, 5.41) is 2.66. The summed E-state index contributed by atoms with van der Waals surface area (Å²) in [7, 11) is 1.62. The van der Waals surface area contributed by atoms with Crippen molar-refractivity contribution in [2.24, 2.45) is 0 Å². The molecule has 1 aromatic rings. The Hall–Kier alpha value is -2.04. The van der Waals surface area contributed by atoms with E-state index in [-0.39, 0.29) is 11.9 Å². The Kier molecular flexibility index (Phi) is 3.82. The maximum atomic E-state index is 11.6. The molecule has 1 aliphatic rings. The molecule has 0 unspecified atom stereocenters. The van der Waals surface area contributed by atoms with Crippen LogP contribution in [0.1, 0.15) is 12.0 Å². The predicted octanol–water partition coefficient (Wildman–Crippen LogP) is 1.18. The van der Waals surface area contributed by atoms with Crippen molar-refractivity contribution in [1.29, 1.82) is 0 Å². The molecule has 0 bridgehead atoms. The van der Waals surface area contributed by atoms with E-state index >= 15 is 0 Å². The first kappa shape index (κ1) is 12.4. The zero-order valence-electron chi connectivity index (χ0n) is 10.3. The van der Waals surface area contributed by atoms with Gasteiger partial charge in [-0.05, 0) is 24.1 Å². The largest absolute Gasteiger partial charge is 0.497 e. The lowest BCUT2D eigenvalue weighted by molar-refractivity contribution is -0.129. The number of rotatable bonds is 4. The number of hydrogen-bond acceptors (Lipinski definition) is 3. The molecule has 1 aromatic carbocycles. The van der Waals surface area contributed by atoms with Gasteiger partial charge in [0.1, 0.15) is 5.75 Å². The molecule has 3 amide bonds. The van der Waals surface area contributed by atoms with Crippen LogP contribution >= 0.6 is 0 Å². The molecule has 1 fully saturated rings. The van der Waals surface area contributed by atoms with Gasteiger partial charge in [0, 0.05) is 19.5 Å². The van der Waals surface area contributed by atoms with Crippen molar-refractivity contribution in [1.82, 2.24) is 10.2 Å². The van der Waals surface area contributed by atoms with Crippen molar-refractivity contribution < 1.29 is 14.3 Å². The molecule has 5 heteroatoms. The lowest BCUT2D eigenvalue weighted by atomic mass is 10.1. The van der Waals surface area contributed by atoms with Gasteiger partial charge in [0.05, 0.1) is 7.11 Å². The average Bonchev–Trinajstić information content (AvgIpc) is 2.39. The van der Waals surface area contributed by atoms with Gasteiger partial charge in [0.15, 0.2) is 0 Å². The summed E-state index contributed by atoms with van der Waals surface area (Å²) < 4.78 is 5.07. The molecule has 96 valence electrons. The zero-order chi connectivity index (χ0) is 13.0. The van der Waals surface area contributed by atoms with Gasteiger partial charge in [0.25, 0.3) is 0 Å². The number of carbonyl (C=O) groups is 2. The fraction of sp³-hybridized carbons (Fsp3) is 0.385. The Morgan fingerprint density at radius 2 is 2.00 bits per heavy atom. The fourth-order valence-corrected chi connectivity index (χ4v) is 1.88. The molecule has 0 saturated carbocycles. The highest BCUT2D eigenvalue weighted by Gasteiger charge is 2.24. The maximum Gasteiger partial charge on any atom is 0.324 e. The lowest BCUT2D eigenvalue weighted by Gasteiger charge is -2.25. The SMILES string of the molecule is COc1ccc(CCN2C(=O)CCNC2=O)cc1. The topological polar surface area (TPSA) is 58.6 Å². The number of imide groups is 1. The van der Waals surface area contributed by atoms with E-state index in [2.05, 4.69) is 5.32 Å². The van der Waals surface area contributed by atoms with Crippen molar-refractivity contribution >= 4 is 11.9 Å². The Morgan fingerprint density at radius 1 is 1.28 bits per heavy atom. The number of benzene rings is 1. The first-order chi connectivity index (χ1) is 8.70. The van der Waals surface area contributed by atoms with Crippen LogP contribution in [0.15, 0.2) is 24.3 Å². The molecule has 5 nitrogen and oxygen atoms in total. The summed E-state index contributed by atoms with van der Waals surface area (Å²) >= 11 is 0. The summed E-state index contributed by atoms with van der Waals surface area (Å²) in [6.07, 6.45) is 1.04. The number of carbonyl (C=O) groups excluding carboxylic acids is 2. The van der Waals surface area contributed by atoms with E-state index < -0.39 is 0 Å². The van der Waals surface area contributed by atoms with Gasteiger partial charge in [-0.25, -0.2) is 4.79 Å². The van der Waals surface area contributed by atoms with Crippen LogP contribution in [0, 0.1) is 0 Å². The molecule has 1 N–H and O–H groups in total. The lowest BCUT2D eigenvalue weighted by Crippen LogP contribution is -2.50. The van der Waals surface area contributed by atoms with Crippen LogP contribution in [0.4, 0.5) is 4.79 Å². The van der Waals surface area contributed by atoms with Crippen molar-refractivity contribution in [3.8, 4) is 5.75 Å². The minimum atomic E-state index is -0.292. The molecule has 0 atom stereocenters. The maximum absolute atomic E-state index is 11.6. The van der Waals surface area contributed by atoms with Gasteiger partial charge in [-0.1, -0.05) is 12.1 Å². The van der Waals surface area contributed by atoms with Gasteiger partial charge in [0.2, 0.25) is 5.91 Å². The second-order valence-electron chi connectivity index (χ2n) is 4.13. The van der Waals surface area contributed by atoms with Gasteiger partial charge in [-0.3, -0.25) is 9.69 Å². The molecule has 0 radical (unpaired) electrons. The van der Waals surface area contributed by atoms with Crippen LogP contribution < -0.4 is 10.1 Å². The monoisotopic (exact) mass is 248 g/mol. The molecule has 18 heavy (non-hydrogen) atoms. The quantitative estimate of drug-likeness (QED) is 0.870. The highest BCUT2D eigenvalue weighted by atomic mass is 16.5. The average molecular weight is 248 g/mol. The van der Waals surface area contributed by atoms with Crippen LogP contribution in [0.2, 0.25) is 0 Å². The molecular formula is C13H16N2O3. The highest BCUT2D eigenvalue weighted by Crippen LogP contribution is 2.12. The fourth-order valence-electron chi connectivity index (χ4n) is 1.88. The van der Waals surface area contributed by atoms with Gasteiger partial charge < -0.3 is 10.1 Å². The van der Waals surface area contributed by atoms with Crippen LogP contribution in [-0.2, 0) is 11.2 Å². The number of amides is 3. The second kappa shape index (κ2) is 5.53. The van der Waals surface area contributed by atoms with Crippen molar-refractivity contribution in [3.05, 3.63) is 29.8 Å². The molecule has 1 saturated heterocycles. The standard InChI is InChI=1S/C13H16N2O3/c1-18-11-4-2-10(3-5-11)7-9-15-12(16)6-8-14-13(15)17/h2-5H,6-9H2,1H3,(H,14,17). The zero-order valence-corrected chi connectivity index (χ0v) is 10.3. The van der Waals surface area contributed by atoms with Crippen molar-refractivity contribution in [2.45, 2.75) is 12.8 Å². The van der Waals surface area contributed by atoms with Crippen molar-refractivity contribution in [3.63, 3.8) is 0 Å². The predicted molar refractivity (Wildman–Crippen MR) is 66.4 cm³/mol. The van der Waals surface area contributed by atoms with Crippen LogP contribution in [0.3, 0.4) is 0 Å². The number of nitrogens with one attached hydrogen (secondary N) is 1. The first-order valence-electron chi connectivity index (χ1n) is 5.92. The minimum absolute atomic E-state index is 0.104. The molecule has 2 rings (SSSR count). The van der Waals surface area contributed by atoms with Crippen LogP contribution in [0.25, 0.3) is 0 Å². The molecule has 0 aromatic heterocycles. The Labute approximate surface area is 106 Å². The number of urea groups is 1. The number of nitrogens with zero attached hydrogens (tertiary/aromatic N) is 1.